The van der Waals surface area contributed by atoms with Crippen molar-refractivity contribution < 1.29 is 72.9 Å². The summed E-state index contributed by atoms with van der Waals surface area (Å²) in [5, 5.41) is 14.5. The van der Waals surface area contributed by atoms with E-state index in [2.05, 4.69) is 10.3 Å². The number of rotatable bonds is 7. The van der Waals surface area contributed by atoms with Crippen LogP contribution in [0.1, 0.15) is 31.4 Å². The molecule has 0 aromatic carbocycles. The minimum absolute atomic E-state index is 0. The SMILES string of the molecule is O=C1CCC(SCc2ccccn2)(C(=O)N[C@H]2CON(C3(C(=O)[O-])CCC(=O)O3)C2=O)O1.[Na+]. The minimum atomic E-state index is -2.39. The van der Waals surface area contributed by atoms with Crippen LogP contribution in [-0.4, -0.2) is 63.1 Å². The zero-order valence-electron chi connectivity index (χ0n) is 17.6. The van der Waals surface area contributed by atoms with Crippen LogP contribution < -0.4 is 40.0 Å². The number of carboxylic acids is 1. The summed E-state index contributed by atoms with van der Waals surface area (Å²) in [5.41, 5.74) is -1.73. The quantitative estimate of drug-likeness (QED) is 0.291. The Morgan fingerprint density at radius 2 is 1.91 bits per heavy atom. The molecule has 3 aliphatic rings. The third-order valence-corrected chi connectivity index (χ3v) is 6.61. The normalized spacial score (nSPS) is 28.8. The average molecular weight is 487 g/mol. The number of hydrogen-bond acceptors (Lipinski definition) is 11. The van der Waals surface area contributed by atoms with Crippen LogP contribution >= 0.6 is 11.8 Å². The van der Waals surface area contributed by atoms with Crippen molar-refractivity contribution in [1.29, 1.82) is 0 Å². The first-order valence-electron chi connectivity index (χ1n) is 9.73. The van der Waals surface area contributed by atoms with E-state index in [1.54, 1.807) is 24.4 Å². The number of esters is 2. The number of thioether (sulfide) groups is 1. The fourth-order valence-corrected chi connectivity index (χ4v) is 4.70. The van der Waals surface area contributed by atoms with Crippen molar-refractivity contribution in [2.45, 2.75) is 48.1 Å². The summed E-state index contributed by atoms with van der Waals surface area (Å²) in [5.74, 6) is -4.58. The first-order chi connectivity index (χ1) is 15.3. The molecular formula is C19H18N3NaO9S. The Kier molecular flexibility index (Phi) is 7.69. The molecular weight excluding hydrogens is 469 g/mol. The number of nitrogens with one attached hydrogen (secondary N) is 1. The number of aromatic nitrogens is 1. The maximum Gasteiger partial charge on any atom is 1.00 e. The summed E-state index contributed by atoms with van der Waals surface area (Å²) in [6.45, 7) is -0.397. The Morgan fingerprint density at radius 1 is 1.18 bits per heavy atom. The van der Waals surface area contributed by atoms with Crippen LogP contribution in [0.4, 0.5) is 0 Å². The molecule has 170 valence electrons. The van der Waals surface area contributed by atoms with E-state index in [9.17, 15) is 29.1 Å². The molecule has 1 aromatic rings. The number of cyclic esters (lactones) is 2. The van der Waals surface area contributed by atoms with Crippen LogP contribution in [0.3, 0.4) is 0 Å². The van der Waals surface area contributed by atoms with E-state index in [0.29, 0.717) is 10.8 Å². The number of carbonyl (C=O) groups excluding carboxylic acids is 5. The second-order valence-electron chi connectivity index (χ2n) is 7.34. The Balaban J connectivity index is 0.00000306. The Hall–Kier alpha value is -2.19. The van der Waals surface area contributed by atoms with Gasteiger partial charge < -0.3 is 24.7 Å². The monoisotopic (exact) mass is 487 g/mol. The molecule has 4 heterocycles. The molecule has 1 aromatic heterocycles. The van der Waals surface area contributed by atoms with Gasteiger partial charge in [0, 0.05) is 24.8 Å². The first kappa shape index (κ1) is 25.4. The van der Waals surface area contributed by atoms with Crippen LogP contribution in [-0.2, 0) is 44.0 Å². The average Bonchev–Trinajstić information content (AvgIpc) is 3.46. The van der Waals surface area contributed by atoms with Gasteiger partial charge in [0.15, 0.2) is 0 Å². The molecule has 2 amide bonds. The van der Waals surface area contributed by atoms with Gasteiger partial charge in [0.05, 0.1) is 18.5 Å². The van der Waals surface area contributed by atoms with Gasteiger partial charge in [-0.15, -0.1) is 0 Å². The van der Waals surface area contributed by atoms with E-state index in [0.717, 1.165) is 11.8 Å². The molecule has 0 bridgehead atoms. The van der Waals surface area contributed by atoms with Gasteiger partial charge in [0.1, 0.15) is 18.6 Å². The summed E-state index contributed by atoms with van der Waals surface area (Å²) in [4.78, 5) is 68.5. The molecule has 0 radical (unpaired) electrons. The smallest absolute Gasteiger partial charge is 0.544 e. The molecule has 3 saturated heterocycles. The third-order valence-electron chi connectivity index (χ3n) is 5.23. The first-order valence-corrected chi connectivity index (χ1v) is 10.7. The van der Waals surface area contributed by atoms with Gasteiger partial charge in [-0.2, -0.15) is 5.06 Å². The summed E-state index contributed by atoms with van der Waals surface area (Å²) in [7, 11) is 0. The van der Waals surface area contributed by atoms with Crippen molar-refractivity contribution in [2.24, 2.45) is 0 Å². The van der Waals surface area contributed by atoms with E-state index in [1.807, 2.05) is 0 Å². The van der Waals surface area contributed by atoms with Crippen LogP contribution in [0.5, 0.6) is 0 Å². The van der Waals surface area contributed by atoms with Gasteiger partial charge >= 0.3 is 41.5 Å². The van der Waals surface area contributed by atoms with Gasteiger partial charge in [-0.1, -0.05) is 17.8 Å². The molecule has 4 rings (SSSR count). The van der Waals surface area contributed by atoms with Gasteiger partial charge in [-0.05, 0) is 12.1 Å². The Labute approximate surface area is 213 Å². The van der Waals surface area contributed by atoms with Gasteiger partial charge in [0.25, 0.3) is 17.5 Å². The van der Waals surface area contributed by atoms with Crippen LogP contribution in [0.2, 0.25) is 0 Å². The maximum absolute atomic E-state index is 13.1. The maximum atomic E-state index is 13.1. The van der Waals surface area contributed by atoms with E-state index in [-0.39, 0.29) is 61.0 Å². The fourth-order valence-electron chi connectivity index (χ4n) is 3.56. The van der Waals surface area contributed by atoms with Crippen LogP contribution in [0, 0.1) is 0 Å². The zero-order chi connectivity index (χ0) is 22.9. The predicted molar refractivity (Wildman–Crippen MR) is 101 cm³/mol. The fraction of sp³-hybridized carbons (Fsp3) is 0.474. The Bertz CT molecular complexity index is 981. The number of hydrogen-bond donors (Lipinski definition) is 1. The molecule has 33 heavy (non-hydrogen) atoms. The van der Waals surface area contributed by atoms with Gasteiger partial charge in [0.2, 0.25) is 4.93 Å². The van der Waals surface area contributed by atoms with Gasteiger partial charge in [-0.25, -0.2) is 0 Å². The standard InChI is InChI=1S/C19H19N3O9S.Na/c23-13-4-6-18(30-13,17(27)28)22-15(25)12(9-29-22)21-16(26)19(7-5-14(24)31-19)32-10-11-3-1-2-8-20-11;/h1-3,8,12H,4-7,9-10H2,(H,21,26)(H,27,28);/q;+1/p-1/t12-,18?,19?;/m0./s1. The zero-order valence-corrected chi connectivity index (χ0v) is 20.4. The molecule has 3 fully saturated rings. The number of nitrogens with zero attached hydrogens (tertiary/aromatic N) is 2. The largest absolute Gasteiger partial charge is 1.00 e. The molecule has 0 spiro atoms. The molecule has 12 nitrogen and oxygen atoms in total. The summed E-state index contributed by atoms with van der Waals surface area (Å²) < 4.78 is 10.1. The van der Waals surface area contributed by atoms with Crippen molar-refractivity contribution >= 4 is 41.5 Å². The summed E-state index contributed by atoms with van der Waals surface area (Å²) >= 11 is 1.05. The molecule has 2 unspecified atom stereocenters. The van der Waals surface area contributed by atoms with E-state index in [4.69, 9.17) is 14.3 Å². The summed E-state index contributed by atoms with van der Waals surface area (Å²) in [6, 6.07) is 4.00. The predicted octanol–water partition coefficient (Wildman–Crippen LogP) is -4.61. The van der Waals surface area contributed by atoms with E-state index >= 15 is 0 Å². The van der Waals surface area contributed by atoms with Crippen molar-refractivity contribution in [3.63, 3.8) is 0 Å². The molecule has 14 heteroatoms. The van der Waals surface area contributed by atoms with Crippen molar-refractivity contribution in [3.8, 4) is 0 Å². The number of ether oxygens (including phenoxy) is 2. The Morgan fingerprint density at radius 3 is 2.48 bits per heavy atom. The summed E-state index contributed by atoms with van der Waals surface area (Å²) in [6.07, 6.45) is 1.12. The molecule has 0 aliphatic carbocycles. The van der Waals surface area contributed by atoms with Crippen LogP contribution in [0.25, 0.3) is 0 Å². The number of amides is 2. The van der Waals surface area contributed by atoms with E-state index < -0.39 is 53.0 Å². The number of aliphatic carboxylic acids is 1. The minimum Gasteiger partial charge on any atom is -0.544 e. The molecule has 1 N–H and O–H groups in total. The van der Waals surface area contributed by atoms with Crippen molar-refractivity contribution in [1.82, 2.24) is 15.4 Å². The topological polar surface area (TPSA) is 164 Å². The van der Waals surface area contributed by atoms with E-state index in [1.165, 1.54) is 0 Å². The van der Waals surface area contributed by atoms with Gasteiger partial charge in [-0.3, -0.25) is 29.0 Å². The third kappa shape index (κ3) is 4.87. The molecule has 0 saturated carbocycles. The van der Waals surface area contributed by atoms with Crippen molar-refractivity contribution in [2.75, 3.05) is 6.61 Å². The van der Waals surface area contributed by atoms with Crippen LogP contribution in [0.15, 0.2) is 24.4 Å². The number of carbonyl (C=O) groups is 5. The number of carboxylic acid groups (broad SMARTS) is 1. The van der Waals surface area contributed by atoms with Crippen molar-refractivity contribution in [3.05, 3.63) is 30.1 Å². The molecule has 3 aliphatic heterocycles. The second kappa shape index (κ2) is 9.97. The number of pyridine rings is 1. The second-order valence-corrected chi connectivity index (χ2v) is 8.57. The number of hydroxylamine groups is 2. The molecule has 3 atom stereocenters.